The van der Waals surface area contributed by atoms with Gasteiger partial charge in [-0.3, -0.25) is 9.69 Å². The summed E-state index contributed by atoms with van der Waals surface area (Å²) in [6.07, 6.45) is 0.966. The molecule has 0 radical (unpaired) electrons. The number of rotatable bonds is 7. The number of ether oxygens (including phenoxy) is 2. The van der Waals surface area contributed by atoms with Gasteiger partial charge in [0.05, 0.1) is 24.4 Å². The average molecular weight is 370 g/mol. The lowest BCUT2D eigenvalue weighted by Gasteiger charge is -2.18. The summed E-state index contributed by atoms with van der Waals surface area (Å²) in [7, 11) is 3.26. The molecule has 0 fully saturated rings. The van der Waals surface area contributed by atoms with Gasteiger partial charge in [0, 0.05) is 13.0 Å². The minimum Gasteiger partial charge on any atom is -0.497 e. The minimum absolute atomic E-state index is 0.0522. The molecule has 1 aromatic heterocycles. The number of nitrogens with zero attached hydrogens (tertiary/aromatic N) is 2. The number of aromatic nitrogens is 1. The van der Waals surface area contributed by atoms with E-state index in [9.17, 15) is 4.79 Å². The van der Waals surface area contributed by atoms with Gasteiger partial charge in [0.2, 0.25) is 5.91 Å². The van der Waals surface area contributed by atoms with E-state index < -0.39 is 0 Å². The number of fused-ring (bicyclic) bond motifs is 1. The standard InChI is InChI=1S/C20H22N2O3S/c1-4-22(20-21-16-7-5-6-8-18(16)26-20)19(23)12-9-14-13-15(24-2)10-11-17(14)25-3/h5-8,10-11,13H,4,9,12H2,1-3H3. The maximum atomic E-state index is 12.8. The maximum absolute atomic E-state index is 12.8. The SMILES string of the molecule is CCN(C(=O)CCc1cc(OC)ccc1OC)c1nc2ccccc2s1. The van der Waals surface area contributed by atoms with Gasteiger partial charge in [0.25, 0.3) is 0 Å². The summed E-state index contributed by atoms with van der Waals surface area (Å²) in [5.41, 5.74) is 1.88. The van der Waals surface area contributed by atoms with Crippen molar-refractivity contribution in [3.8, 4) is 11.5 Å². The molecule has 0 N–H and O–H groups in total. The molecule has 0 saturated heterocycles. The van der Waals surface area contributed by atoms with Crippen LogP contribution in [0.15, 0.2) is 42.5 Å². The van der Waals surface area contributed by atoms with Crippen molar-refractivity contribution in [1.29, 1.82) is 0 Å². The van der Waals surface area contributed by atoms with Gasteiger partial charge in [0.15, 0.2) is 5.13 Å². The highest BCUT2D eigenvalue weighted by Gasteiger charge is 2.18. The van der Waals surface area contributed by atoms with Gasteiger partial charge < -0.3 is 9.47 Å². The second-order valence-corrected chi connectivity index (χ2v) is 6.79. The molecule has 2 aromatic carbocycles. The first-order chi connectivity index (χ1) is 12.7. The lowest BCUT2D eigenvalue weighted by atomic mass is 10.1. The third-order valence-electron chi connectivity index (χ3n) is 4.23. The van der Waals surface area contributed by atoms with Gasteiger partial charge in [-0.15, -0.1) is 0 Å². The fourth-order valence-corrected chi connectivity index (χ4v) is 3.89. The van der Waals surface area contributed by atoms with Gasteiger partial charge in [0.1, 0.15) is 11.5 Å². The van der Waals surface area contributed by atoms with Crippen LogP contribution >= 0.6 is 11.3 Å². The molecule has 0 saturated carbocycles. The van der Waals surface area contributed by atoms with Crippen molar-refractivity contribution in [1.82, 2.24) is 4.98 Å². The van der Waals surface area contributed by atoms with Crippen LogP contribution in [-0.2, 0) is 11.2 Å². The Bertz CT molecular complexity index is 874. The lowest BCUT2D eigenvalue weighted by molar-refractivity contribution is -0.118. The predicted octanol–water partition coefficient (Wildman–Crippen LogP) is 4.30. The molecule has 0 aliphatic rings. The van der Waals surface area contributed by atoms with E-state index in [4.69, 9.17) is 9.47 Å². The van der Waals surface area contributed by atoms with Crippen LogP contribution in [0.2, 0.25) is 0 Å². The Balaban J connectivity index is 1.75. The van der Waals surface area contributed by atoms with E-state index in [1.807, 2.05) is 49.4 Å². The normalized spacial score (nSPS) is 10.7. The molecular formula is C20H22N2O3S. The van der Waals surface area contributed by atoms with Crippen LogP contribution < -0.4 is 14.4 Å². The number of para-hydroxylation sites is 1. The van der Waals surface area contributed by atoms with E-state index in [0.717, 1.165) is 32.4 Å². The summed E-state index contributed by atoms with van der Waals surface area (Å²) in [5.74, 6) is 1.57. The monoisotopic (exact) mass is 370 g/mol. The van der Waals surface area contributed by atoms with E-state index in [1.54, 1.807) is 30.5 Å². The van der Waals surface area contributed by atoms with Gasteiger partial charge >= 0.3 is 0 Å². The van der Waals surface area contributed by atoms with Crippen molar-refractivity contribution in [2.75, 3.05) is 25.7 Å². The highest BCUT2D eigenvalue weighted by atomic mass is 32.1. The molecule has 1 heterocycles. The minimum atomic E-state index is 0.0522. The van der Waals surface area contributed by atoms with Crippen molar-refractivity contribution < 1.29 is 14.3 Å². The molecule has 0 aliphatic carbocycles. The Kier molecular flexibility index (Phi) is 5.73. The number of hydrogen-bond acceptors (Lipinski definition) is 5. The molecule has 0 aliphatic heterocycles. The number of benzene rings is 2. The van der Waals surface area contributed by atoms with E-state index in [0.29, 0.717) is 19.4 Å². The van der Waals surface area contributed by atoms with Gasteiger partial charge in [-0.1, -0.05) is 23.5 Å². The first-order valence-corrected chi connectivity index (χ1v) is 9.34. The number of aryl methyl sites for hydroxylation is 1. The molecule has 1 amide bonds. The van der Waals surface area contributed by atoms with Gasteiger partial charge in [-0.25, -0.2) is 4.98 Å². The quantitative estimate of drug-likeness (QED) is 0.622. The van der Waals surface area contributed by atoms with Crippen molar-refractivity contribution in [2.45, 2.75) is 19.8 Å². The van der Waals surface area contributed by atoms with Crippen LogP contribution in [0.3, 0.4) is 0 Å². The molecule has 3 aromatic rings. The molecule has 0 unspecified atom stereocenters. The van der Waals surface area contributed by atoms with E-state index >= 15 is 0 Å². The molecule has 3 rings (SSSR count). The highest BCUT2D eigenvalue weighted by molar-refractivity contribution is 7.22. The Morgan fingerprint density at radius 3 is 2.65 bits per heavy atom. The summed E-state index contributed by atoms with van der Waals surface area (Å²) in [4.78, 5) is 19.1. The number of hydrogen-bond donors (Lipinski definition) is 0. The molecule has 0 spiro atoms. The van der Waals surface area contributed by atoms with Crippen LogP contribution in [0.4, 0.5) is 5.13 Å². The lowest BCUT2D eigenvalue weighted by Crippen LogP contribution is -2.30. The number of thiazole rings is 1. The van der Waals surface area contributed by atoms with Crippen molar-refractivity contribution >= 4 is 32.6 Å². The zero-order valence-electron chi connectivity index (χ0n) is 15.2. The number of carbonyl (C=O) groups is 1. The van der Waals surface area contributed by atoms with Crippen LogP contribution in [-0.4, -0.2) is 31.7 Å². The Morgan fingerprint density at radius 1 is 1.15 bits per heavy atom. The fourth-order valence-electron chi connectivity index (χ4n) is 2.85. The van der Waals surface area contributed by atoms with Crippen LogP contribution in [0.25, 0.3) is 10.2 Å². The third kappa shape index (κ3) is 3.80. The molecule has 0 atom stereocenters. The Labute approximate surface area is 157 Å². The predicted molar refractivity (Wildman–Crippen MR) is 106 cm³/mol. The van der Waals surface area contributed by atoms with Crippen LogP contribution in [0.1, 0.15) is 18.9 Å². The van der Waals surface area contributed by atoms with Gasteiger partial charge in [-0.05, 0) is 49.2 Å². The van der Waals surface area contributed by atoms with Crippen molar-refractivity contribution in [2.24, 2.45) is 0 Å². The highest BCUT2D eigenvalue weighted by Crippen LogP contribution is 2.30. The molecule has 6 heteroatoms. The van der Waals surface area contributed by atoms with Gasteiger partial charge in [-0.2, -0.15) is 0 Å². The molecular weight excluding hydrogens is 348 g/mol. The largest absolute Gasteiger partial charge is 0.497 e. The number of anilines is 1. The average Bonchev–Trinajstić information content (AvgIpc) is 3.10. The zero-order chi connectivity index (χ0) is 18.5. The Hall–Kier alpha value is -2.60. The summed E-state index contributed by atoms with van der Waals surface area (Å²) >= 11 is 1.54. The molecule has 0 bridgehead atoms. The van der Waals surface area contributed by atoms with Crippen molar-refractivity contribution in [3.63, 3.8) is 0 Å². The summed E-state index contributed by atoms with van der Waals surface area (Å²) in [5, 5.41) is 0.747. The smallest absolute Gasteiger partial charge is 0.229 e. The molecule has 136 valence electrons. The van der Waals surface area contributed by atoms with Crippen LogP contribution in [0.5, 0.6) is 11.5 Å². The fraction of sp³-hybridized carbons (Fsp3) is 0.300. The summed E-state index contributed by atoms with van der Waals surface area (Å²) < 4.78 is 11.8. The topological polar surface area (TPSA) is 51.7 Å². The van der Waals surface area contributed by atoms with E-state index in [2.05, 4.69) is 4.98 Å². The van der Waals surface area contributed by atoms with E-state index in [-0.39, 0.29) is 5.91 Å². The van der Waals surface area contributed by atoms with Crippen molar-refractivity contribution in [3.05, 3.63) is 48.0 Å². The first kappa shape index (κ1) is 18.2. The Morgan fingerprint density at radius 2 is 1.96 bits per heavy atom. The van der Waals surface area contributed by atoms with Crippen LogP contribution in [0, 0.1) is 0 Å². The number of methoxy groups -OCH3 is 2. The molecule has 5 nitrogen and oxygen atoms in total. The number of amides is 1. The summed E-state index contributed by atoms with van der Waals surface area (Å²) in [6.45, 7) is 2.56. The molecule has 26 heavy (non-hydrogen) atoms. The second-order valence-electron chi connectivity index (χ2n) is 5.78. The zero-order valence-corrected chi connectivity index (χ0v) is 16.0. The summed E-state index contributed by atoms with van der Waals surface area (Å²) in [6, 6.07) is 13.6. The maximum Gasteiger partial charge on any atom is 0.229 e. The first-order valence-electron chi connectivity index (χ1n) is 8.53. The third-order valence-corrected chi connectivity index (χ3v) is 5.29. The number of carbonyl (C=O) groups excluding carboxylic acids is 1. The second kappa shape index (κ2) is 8.19. The van der Waals surface area contributed by atoms with E-state index in [1.165, 1.54) is 0 Å².